The van der Waals surface area contributed by atoms with Crippen molar-refractivity contribution in [3.63, 3.8) is 0 Å². The van der Waals surface area contributed by atoms with Crippen LogP contribution in [-0.2, 0) is 42.0 Å². The van der Waals surface area contributed by atoms with Crippen LogP contribution >= 0.6 is 0 Å². The summed E-state index contributed by atoms with van der Waals surface area (Å²) in [6, 6.07) is 14.3. The molecule has 14 heteroatoms. The zero-order chi connectivity index (χ0) is 37.1. The van der Waals surface area contributed by atoms with E-state index in [-0.39, 0.29) is 49.8 Å². The number of carbonyl (C=O) groups excluding carboxylic acids is 4. The predicted octanol–water partition coefficient (Wildman–Crippen LogP) is 1.06. The van der Waals surface area contributed by atoms with E-state index in [1.165, 1.54) is 10.6 Å². The normalized spacial score (nSPS) is 19.9. The molecule has 280 valence electrons. The van der Waals surface area contributed by atoms with Crippen LogP contribution in [0.4, 0.5) is 0 Å². The van der Waals surface area contributed by atoms with Crippen LogP contribution in [-0.4, -0.2) is 103 Å². The van der Waals surface area contributed by atoms with Crippen LogP contribution in [0.2, 0.25) is 0 Å². The fourth-order valence-electron chi connectivity index (χ4n) is 6.97. The number of benzene rings is 2. The van der Waals surface area contributed by atoms with E-state index >= 15 is 0 Å². The third kappa shape index (κ3) is 11.6. The first-order valence-electron chi connectivity index (χ1n) is 18.0. The molecule has 2 aromatic carbocycles. The van der Waals surface area contributed by atoms with Gasteiger partial charge in [-0.3, -0.25) is 19.2 Å². The van der Waals surface area contributed by atoms with Gasteiger partial charge in [-0.25, -0.2) is 8.42 Å². The Morgan fingerprint density at radius 3 is 1.80 bits per heavy atom. The highest BCUT2D eigenvalue weighted by Gasteiger charge is 2.46. The Morgan fingerprint density at radius 1 is 0.765 bits per heavy atom. The Hall–Kier alpha value is -3.85. The van der Waals surface area contributed by atoms with E-state index in [1.807, 2.05) is 74.5 Å². The monoisotopic (exact) mass is 725 g/mol. The van der Waals surface area contributed by atoms with Crippen LogP contribution in [0.1, 0.15) is 63.5 Å². The first-order chi connectivity index (χ1) is 24.3. The van der Waals surface area contributed by atoms with E-state index in [9.17, 15) is 27.6 Å². The van der Waals surface area contributed by atoms with Gasteiger partial charge in [-0.15, -0.1) is 0 Å². The van der Waals surface area contributed by atoms with Crippen LogP contribution in [0.5, 0.6) is 0 Å². The van der Waals surface area contributed by atoms with Gasteiger partial charge in [-0.05, 0) is 68.5 Å². The van der Waals surface area contributed by atoms with Gasteiger partial charge in [-0.1, -0.05) is 74.5 Å². The number of unbranched alkanes of at least 4 members (excludes halogenated alkanes) is 1. The highest BCUT2D eigenvalue weighted by molar-refractivity contribution is 7.88. The highest BCUT2D eigenvalue weighted by atomic mass is 32.2. The number of rotatable bonds is 18. The van der Waals surface area contributed by atoms with Crippen molar-refractivity contribution < 1.29 is 27.6 Å². The lowest BCUT2D eigenvalue weighted by Crippen LogP contribution is -2.62. The number of carbonyl (C=O) groups is 4. The largest absolute Gasteiger partial charge is 0.343 e. The Labute approximate surface area is 302 Å². The zero-order valence-electron chi connectivity index (χ0n) is 30.0. The van der Waals surface area contributed by atoms with E-state index in [0.717, 1.165) is 11.1 Å². The minimum absolute atomic E-state index is 0.00816. The minimum atomic E-state index is -3.41. The number of nitrogens with zero attached hydrogens (tertiary/aromatic N) is 2. The first-order valence-corrected chi connectivity index (χ1v) is 19.8. The molecular formula is C37H55N7O6S. The second-order valence-corrected chi connectivity index (χ2v) is 16.3. The van der Waals surface area contributed by atoms with Gasteiger partial charge in [-0.2, -0.15) is 4.31 Å². The summed E-state index contributed by atoms with van der Waals surface area (Å²) in [4.78, 5) is 57.1. The molecule has 2 saturated heterocycles. The molecule has 2 bridgehead atoms. The summed E-state index contributed by atoms with van der Waals surface area (Å²) in [7, 11) is -3.41. The molecule has 13 nitrogen and oxygen atoms in total. The first kappa shape index (κ1) is 39.9. The van der Waals surface area contributed by atoms with Crippen molar-refractivity contribution in [3.8, 4) is 0 Å². The molecule has 2 heterocycles. The smallest absolute Gasteiger partial charge is 0.245 e. The number of nitrogens with one attached hydrogen (secondary N) is 3. The van der Waals surface area contributed by atoms with Crippen molar-refractivity contribution in [2.75, 3.05) is 25.9 Å². The van der Waals surface area contributed by atoms with Crippen molar-refractivity contribution in [1.29, 1.82) is 0 Å². The zero-order valence-corrected chi connectivity index (χ0v) is 30.8. The van der Waals surface area contributed by atoms with Gasteiger partial charge in [0.1, 0.15) is 18.1 Å². The van der Waals surface area contributed by atoms with Crippen molar-refractivity contribution in [2.45, 2.75) is 101 Å². The lowest BCUT2D eigenvalue weighted by Gasteiger charge is -2.41. The average Bonchev–Trinajstić information content (AvgIpc) is 3.35. The van der Waals surface area contributed by atoms with Gasteiger partial charge in [0.2, 0.25) is 33.7 Å². The van der Waals surface area contributed by atoms with Crippen molar-refractivity contribution >= 4 is 33.7 Å². The van der Waals surface area contributed by atoms with Gasteiger partial charge in [0, 0.05) is 31.6 Å². The maximum Gasteiger partial charge on any atom is 0.245 e. The lowest BCUT2D eigenvalue weighted by molar-refractivity contribution is -0.141. The molecular weight excluding hydrogens is 671 g/mol. The third-order valence-corrected chi connectivity index (χ3v) is 10.9. The number of fused-ring (bicyclic) bond motifs is 2. The number of nitrogens with two attached hydrogens (primary N) is 2. The molecule has 2 fully saturated rings. The van der Waals surface area contributed by atoms with Crippen LogP contribution in [0.15, 0.2) is 60.7 Å². The van der Waals surface area contributed by atoms with Crippen LogP contribution in [0.25, 0.3) is 0 Å². The third-order valence-electron chi connectivity index (χ3n) is 9.62. The second kappa shape index (κ2) is 18.6. The fourth-order valence-corrected chi connectivity index (χ4v) is 7.86. The molecule has 0 spiro atoms. The van der Waals surface area contributed by atoms with E-state index < -0.39 is 51.9 Å². The number of hydrogen-bond acceptors (Lipinski definition) is 8. The number of amides is 4. The van der Waals surface area contributed by atoms with E-state index in [2.05, 4.69) is 16.0 Å². The summed E-state index contributed by atoms with van der Waals surface area (Å²) in [5, 5.41) is 8.65. The second-order valence-electron chi connectivity index (χ2n) is 14.3. The molecule has 0 aliphatic carbocycles. The SMILES string of the molecule is CC(C)CC(NC(=O)C(Cc1ccccc1)NC(=O)C(N)Cc1ccccc1)C(=O)NC(CCCCN)C(=O)N1C2CCC1CN(S(C)(=O)=O)C2. The summed E-state index contributed by atoms with van der Waals surface area (Å²) in [6.45, 7) is 4.74. The molecule has 2 aliphatic heterocycles. The van der Waals surface area contributed by atoms with Crippen molar-refractivity contribution in [1.82, 2.24) is 25.2 Å². The molecule has 6 unspecified atom stereocenters. The fraction of sp³-hybridized carbons (Fsp3) is 0.568. The van der Waals surface area contributed by atoms with Gasteiger partial charge < -0.3 is 32.3 Å². The predicted molar refractivity (Wildman–Crippen MR) is 196 cm³/mol. The molecule has 2 aliphatic rings. The Balaban J connectivity index is 1.50. The quantitative estimate of drug-likeness (QED) is 0.141. The van der Waals surface area contributed by atoms with Gasteiger partial charge in [0.25, 0.3) is 0 Å². The highest BCUT2D eigenvalue weighted by Crippen LogP contribution is 2.32. The van der Waals surface area contributed by atoms with E-state index in [4.69, 9.17) is 11.5 Å². The number of hydrogen-bond donors (Lipinski definition) is 5. The summed E-state index contributed by atoms with van der Waals surface area (Å²) < 4.78 is 26.0. The summed E-state index contributed by atoms with van der Waals surface area (Å²) in [5.74, 6) is -1.78. The number of sulfonamides is 1. The van der Waals surface area contributed by atoms with Crippen molar-refractivity contribution in [2.24, 2.45) is 17.4 Å². The average molecular weight is 726 g/mol. The summed E-state index contributed by atoms with van der Waals surface area (Å²) in [5.41, 5.74) is 13.7. The Kier molecular flexibility index (Phi) is 14.5. The maximum atomic E-state index is 14.1. The van der Waals surface area contributed by atoms with Crippen molar-refractivity contribution in [3.05, 3.63) is 71.8 Å². The molecule has 0 aromatic heterocycles. The molecule has 7 N–H and O–H groups in total. The topological polar surface area (TPSA) is 197 Å². The van der Waals surface area contributed by atoms with Gasteiger partial charge in [0.05, 0.1) is 12.3 Å². The summed E-state index contributed by atoms with van der Waals surface area (Å²) in [6.07, 6.45) is 4.90. The molecule has 2 aromatic rings. The standard InChI is InChI=1S/C37H55N7O6S/c1-25(2)20-32(35(46)40-31(16-10-11-19-38)37(48)44-28-17-18-29(44)24-43(23-28)51(3,49)50)42-36(47)33(22-27-14-8-5-9-15-27)41-34(45)30(39)21-26-12-6-4-7-13-26/h4-9,12-15,25,28-33H,10-11,16-24,38-39H2,1-3H3,(H,40,46)(H,41,45)(H,42,47). The van der Waals surface area contributed by atoms with Crippen LogP contribution in [0.3, 0.4) is 0 Å². The molecule has 4 amide bonds. The molecule has 0 radical (unpaired) electrons. The van der Waals surface area contributed by atoms with Gasteiger partial charge in [0.15, 0.2) is 0 Å². The molecule has 6 atom stereocenters. The summed E-state index contributed by atoms with van der Waals surface area (Å²) >= 11 is 0. The number of piperazine rings is 1. The van der Waals surface area contributed by atoms with Crippen LogP contribution < -0.4 is 27.4 Å². The lowest BCUT2D eigenvalue weighted by atomic mass is 9.99. The maximum absolute atomic E-state index is 14.1. The van der Waals surface area contributed by atoms with E-state index in [0.29, 0.717) is 45.1 Å². The molecule has 51 heavy (non-hydrogen) atoms. The Morgan fingerprint density at radius 2 is 1.27 bits per heavy atom. The Bertz CT molecular complexity index is 1560. The van der Waals surface area contributed by atoms with Gasteiger partial charge >= 0.3 is 0 Å². The van der Waals surface area contributed by atoms with E-state index in [1.54, 1.807) is 4.90 Å². The minimum Gasteiger partial charge on any atom is -0.343 e. The molecule has 0 saturated carbocycles. The van der Waals surface area contributed by atoms with Crippen LogP contribution in [0, 0.1) is 5.92 Å². The molecule has 4 rings (SSSR count).